The van der Waals surface area contributed by atoms with Gasteiger partial charge in [-0.15, -0.1) is 13.2 Å². The summed E-state index contributed by atoms with van der Waals surface area (Å²) in [6, 6.07) is 8.29. The zero-order chi connectivity index (χ0) is 26.3. The molecule has 36 heavy (non-hydrogen) atoms. The molecule has 1 atom stereocenters. The minimum Gasteiger partial charge on any atom is -0.406 e. The number of rotatable bonds is 6. The molecule has 1 unspecified atom stereocenters. The second-order valence-corrected chi connectivity index (χ2v) is 10.1. The Morgan fingerprint density at radius 3 is 2.56 bits per heavy atom. The first kappa shape index (κ1) is 25.4. The van der Waals surface area contributed by atoms with E-state index in [-0.39, 0.29) is 5.56 Å². The van der Waals surface area contributed by atoms with Crippen molar-refractivity contribution in [1.29, 1.82) is 0 Å². The van der Waals surface area contributed by atoms with Crippen LogP contribution in [0.2, 0.25) is 5.02 Å². The Labute approximate surface area is 207 Å². The normalized spacial score (nSPS) is 12.9. The summed E-state index contributed by atoms with van der Waals surface area (Å²) in [7, 11) is -3.95. The zero-order valence-corrected chi connectivity index (χ0v) is 20.2. The van der Waals surface area contributed by atoms with Gasteiger partial charge in [0.1, 0.15) is 22.9 Å². The number of halogens is 4. The fourth-order valence-electron chi connectivity index (χ4n) is 3.40. The number of benzene rings is 1. The van der Waals surface area contributed by atoms with E-state index in [0.717, 1.165) is 18.4 Å². The summed E-state index contributed by atoms with van der Waals surface area (Å²) in [5.41, 5.74) is 0.600. The summed E-state index contributed by atoms with van der Waals surface area (Å²) in [5.74, 6) is -0.963. The molecule has 0 aliphatic heterocycles. The number of nitrogens with zero attached hydrogens (tertiary/aromatic N) is 4. The van der Waals surface area contributed by atoms with E-state index in [9.17, 15) is 26.4 Å². The molecule has 0 aliphatic carbocycles. The number of aromatic nitrogens is 4. The van der Waals surface area contributed by atoms with Crippen molar-refractivity contribution in [3.8, 4) is 11.6 Å². The highest BCUT2D eigenvalue weighted by molar-refractivity contribution is 7.90. The number of sulfone groups is 1. The van der Waals surface area contributed by atoms with Crippen molar-refractivity contribution in [3.63, 3.8) is 0 Å². The SMILES string of the molecule is CC(NC(=O)c1cc(OC(F)(F)F)cc(S(C)(=O)=O)c1)c1nc2cccnc2n1-c1ccc(Cl)cn1. The highest BCUT2D eigenvalue weighted by Crippen LogP contribution is 2.28. The summed E-state index contributed by atoms with van der Waals surface area (Å²) < 4.78 is 67.7. The van der Waals surface area contributed by atoms with E-state index in [1.54, 1.807) is 42.0 Å². The number of imidazole rings is 1. The molecule has 0 radical (unpaired) electrons. The fourth-order valence-corrected chi connectivity index (χ4v) is 4.18. The van der Waals surface area contributed by atoms with E-state index >= 15 is 0 Å². The summed E-state index contributed by atoms with van der Waals surface area (Å²) in [4.78, 5) is 25.6. The molecule has 4 rings (SSSR count). The van der Waals surface area contributed by atoms with Crippen LogP contribution in [0.5, 0.6) is 5.75 Å². The molecule has 1 amide bonds. The van der Waals surface area contributed by atoms with Gasteiger partial charge in [0, 0.05) is 24.2 Å². The van der Waals surface area contributed by atoms with E-state index in [2.05, 4.69) is 25.0 Å². The van der Waals surface area contributed by atoms with Crippen LogP contribution in [0.4, 0.5) is 13.2 Å². The van der Waals surface area contributed by atoms with Gasteiger partial charge in [0.15, 0.2) is 15.5 Å². The number of alkyl halides is 3. The van der Waals surface area contributed by atoms with Gasteiger partial charge in [-0.3, -0.25) is 9.36 Å². The minimum absolute atomic E-state index is 0.318. The lowest BCUT2D eigenvalue weighted by Gasteiger charge is -2.17. The first-order valence-corrected chi connectivity index (χ1v) is 12.5. The molecule has 1 aromatic carbocycles. The number of amides is 1. The van der Waals surface area contributed by atoms with Crippen LogP contribution in [-0.4, -0.2) is 46.5 Å². The molecule has 0 bridgehead atoms. The van der Waals surface area contributed by atoms with Crippen LogP contribution in [0.15, 0.2) is 59.8 Å². The van der Waals surface area contributed by atoms with Gasteiger partial charge in [-0.25, -0.2) is 23.4 Å². The summed E-state index contributed by atoms with van der Waals surface area (Å²) >= 11 is 5.94. The van der Waals surface area contributed by atoms with E-state index in [4.69, 9.17) is 11.6 Å². The van der Waals surface area contributed by atoms with Gasteiger partial charge in [0.25, 0.3) is 5.91 Å². The number of carbonyl (C=O) groups excluding carboxylic acids is 1. The van der Waals surface area contributed by atoms with Gasteiger partial charge < -0.3 is 10.1 Å². The summed E-state index contributed by atoms with van der Waals surface area (Å²) in [5, 5.41) is 3.03. The van der Waals surface area contributed by atoms with Crippen LogP contribution in [0.1, 0.15) is 29.1 Å². The number of nitrogens with one attached hydrogen (secondary N) is 1. The molecule has 0 fully saturated rings. The lowest BCUT2D eigenvalue weighted by atomic mass is 10.2. The monoisotopic (exact) mass is 539 g/mol. The van der Waals surface area contributed by atoms with Gasteiger partial charge in [0.2, 0.25) is 0 Å². The predicted octanol–water partition coefficient (Wildman–Crippen LogP) is 4.26. The maximum atomic E-state index is 13.0. The van der Waals surface area contributed by atoms with Crippen molar-refractivity contribution >= 4 is 38.5 Å². The maximum absolute atomic E-state index is 13.0. The molecule has 0 saturated carbocycles. The average Bonchev–Trinajstić information content (AvgIpc) is 3.17. The lowest BCUT2D eigenvalue weighted by Crippen LogP contribution is -2.29. The van der Waals surface area contributed by atoms with Crippen molar-refractivity contribution in [1.82, 2.24) is 24.8 Å². The smallest absolute Gasteiger partial charge is 0.406 e. The third-order valence-corrected chi connectivity index (χ3v) is 6.24. The van der Waals surface area contributed by atoms with Crippen molar-refractivity contribution in [2.45, 2.75) is 24.2 Å². The van der Waals surface area contributed by atoms with Crippen molar-refractivity contribution in [2.75, 3.05) is 6.26 Å². The van der Waals surface area contributed by atoms with E-state index in [0.29, 0.717) is 33.9 Å². The molecule has 0 aliphatic rings. The second kappa shape index (κ2) is 9.39. The molecule has 0 saturated heterocycles. The Hall–Kier alpha value is -3.71. The topological polar surface area (TPSA) is 116 Å². The third kappa shape index (κ3) is 5.57. The number of hydrogen-bond donors (Lipinski definition) is 1. The van der Waals surface area contributed by atoms with Crippen LogP contribution in [-0.2, 0) is 9.84 Å². The largest absolute Gasteiger partial charge is 0.573 e. The van der Waals surface area contributed by atoms with E-state index in [1.165, 1.54) is 6.20 Å². The summed E-state index contributed by atoms with van der Waals surface area (Å²) in [6.07, 6.45) is -1.29. The van der Waals surface area contributed by atoms with Crippen LogP contribution in [0.3, 0.4) is 0 Å². The number of fused-ring (bicyclic) bond motifs is 1. The van der Waals surface area contributed by atoms with Gasteiger partial charge >= 0.3 is 6.36 Å². The number of ether oxygens (including phenoxy) is 1. The highest BCUT2D eigenvalue weighted by Gasteiger charge is 2.32. The van der Waals surface area contributed by atoms with E-state index in [1.807, 2.05) is 0 Å². The molecule has 3 aromatic heterocycles. The number of pyridine rings is 2. The lowest BCUT2D eigenvalue weighted by molar-refractivity contribution is -0.274. The number of hydrogen-bond acceptors (Lipinski definition) is 7. The zero-order valence-electron chi connectivity index (χ0n) is 18.6. The van der Waals surface area contributed by atoms with Gasteiger partial charge in [-0.05, 0) is 49.4 Å². The second-order valence-electron chi connectivity index (χ2n) is 7.69. The molecule has 4 aromatic rings. The maximum Gasteiger partial charge on any atom is 0.573 e. The van der Waals surface area contributed by atoms with Gasteiger partial charge in [-0.1, -0.05) is 11.6 Å². The Morgan fingerprint density at radius 1 is 1.17 bits per heavy atom. The molecule has 0 spiro atoms. The molecule has 3 heterocycles. The quantitative estimate of drug-likeness (QED) is 0.389. The third-order valence-electron chi connectivity index (χ3n) is 4.92. The minimum atomic E-state index is -5.08. The molecule has 14 heteroatoms. The Kier molecular flexibility index (Phi) is 6.62. The molecule has 1 N–H and O–H groups in total. The van der Waals surface area contributed by atoms with Crippen molar-refractivity contribution in [3.05, 3.63) is 71.3 Å². The van der Waals surface area contributed by atoms with Crippen LogP contribution >= 0.6 is 11.6 Å². The molecule has 188 valence electrons. The standard InChI is InChI=1S/C22H17ClF3N5O4S/c1-12(19-30-17-4-3-7-27-20(17)31(19)18-6-5-14(23)11-28-18)29-21(32)13-8-15(35-22(24,25)26)10-16(9-13)36(2,33)34/h3-12H,1-2H3,(H,29,32). The number of carbonyl (C=O) groups is 1. The summed E-state index contributed by atoms with van der Waals surface area (Å²) in [6.45, 7) is 1.60. The molecular formula is C22H17ClF3N5O4S. The van der Waals surface area contributed by atoms with Crippen LogP contribution in [0.25, 0.3) is 17.0 Å². The van der Waals surface area contributed by atoms with Crippen molar-refractivity contribution in [2.24, 2.45) is 0 Å². The average molecular weight is 540 g/mol. The Morgan fingerprint density at radius 2 is 1.92 bits per heavy atom. The molecular weight excluding hydrogens is 523 g/mol. The fraction of sp³-hybridized carbons (Fsp3) is 0.182. The first-order chi connectivity index (χ1) is 16.8. The highest BCUT2D eigenvalue weighted by atomic mass is 35.5. The van der Waals surface area contributed by atoms with Crippen molar-refractivity contribution < 1.29 is 31.1 Å². The predicted molar refractivity (Wildman–Crippen MR) is 124 cm³/mol. The van der Waals surface area contributed by atoms with Gasteiger partial charge in [0.05, 0.1) is 16.0 Å². The molecule has 9 nitrogen and oxygen atoms in total. The van der Waals surface area contributed by atoms with Gasteiger partial charge in [-0.2, -0.15) is 0 Å². The van der Waals surface area contributed by atoms with Crippen LogP contribution in [0, 0.1) is 0 Å². The first-order valence-electron chi connectivity index (χ1n) is 10.2. The van der Waals surface area contributed by atoms with Crippen LogP contribution < -0.4 is 10.1 Å². The Balaban J connectivity index is 1.72. The van der Waals surface area contributed by atoms with E-state index < -0.39 is 38.8 Å². The Bertz CT molecular complexity index is 1560.